The number of rotatable bonds is 4. The Hall–Kier alpha value is -1.82. The number of piperidine rings is 1. The monoisotopic (exact) mass is 265 g/mol. The third-order valence-electron chi connectivity index (χ3n) is 3.42. The third kappa shape index (κ3) is 3.35. The van der Waals surface area contributed by atoms with Crippen molar-refractivity contribution in [2.24, 2.45) is 0 Å². The molecule has 0 spiro atoms. The largest absolute Gasteiger partial charge is 0.465 e. The standard InChI is InChI=1S/C13H19N3O3/c17-9-6-14-11-2-1-5-15-12(11)10-3-7-16(8-4-10)13(18)19/h1-2,5,10,14,17H,3-4,6-9H2,(H,18,19). The van der Waals surface area contributed by atoms with E-state index in [4.69, 9.17) is 10.2 Å². The van der Waals surface area contributed by atoms with Crippen LogP contribution in [0.2, 0.25) is 0 Å². The van der Waals surface area contributed by atoms with Crippen molar-refractivity contribution in [3.8, 4) is 0 Å². The number of nitrogens with zero attached hydrogens (tertiary/aromatic N) is 2. The number of aromatic nitrogens is 1. The van der Waals surface area contributed by atoms with E-state index in [2.05, 4.69) is 10.3 Å². The summed E-state index contributed by atoms with van der Waals surface area (Å²) in [6.45, 7) is 1.67. The summed E-state index contributed by atoms with van der Waals surface area (Å²) in [5.41, 5.74) is 1.91. The Kier molecular flexibility index (Phi) is 4.57. The quantitative estimate of drug-likeness (QED) is 0.765. The maximum absolute atomic E-state index is 10.9. The van der Waals surface area contributed by atoms with Crippen LogP contribution < -0.4 is 5.32 Å². The molecule has 0 atom stereocenters. The molecule has 104 valence electrons. The lowest BCUT2D eigenvalue weighted by atomic mass is 9.92. The van der Waals surface area contributed by atoms with E-state index in [1.807, 2.05) is 12.1 Å². The maximum Gasteiger partial charge on any atom is 0.407 e. The highest BCUT2D eigenvalue weighted by Gasteiger charge is 2.25. The number of hydrogen-bond donors (Lipinski definition) is 3. The van der Waals surface area contributed by atoms with Gasteiger partial charge >= 0.3 is 6.09 Å². The van der Waals surface area contributed by atoms with Gasteiger partial charge in [-0.2, -0.15) is 0 Å². The van der Waals surface area contributed by atoms with Gasteiger partial charge < -0.3 is 20.4 Å². The number of likely N-dealkylation sites (tertiary alicyclic amines) is 1. The molecule has 0 bridgehead atoms. The fraction of sp³-hybridized carbons (Fsp3) is 0.538. The highest BCUT2D eigenvalue weighted by Crippen LogP contribution is 2.31. The predicted octanol–water partition coefficient (Wildman–Crippen LogP) is 1.34. The van der Waals surface area contributed by atoms with Gasteiger partial charge in [0.05, 0.1) is 18.0 Å². The summed E-state index contributed by atoms with van der Waals surface area (Å²) in [7, 11) is 0. The van der Waals surface area contributed by atoms with Crippen LogP contribution in [0.1, 0.15) is 24.5 Å². The molecule has 3 N–H and O–H groups in total. The van der Waals surface area contributed by atoms with Crippen molar-refractivity contribution in [3.05, 3.63) is 24.0 Å². The molecule has 1 amide bonds. The first-order valence-corrected chi connectivity index (χ1v) is 6.50. The van der Waals surface area contributed by atoms with Crippen molar-refractivity contribution in [3.63, 3.8) is 0 Å². The van der Waals surface area contributed by atoms with Crippen molar-refractivity contribution in [1.29, 1.82) is 0 Å². The SMILES string of the molecule is O=C(O)N1CCC(c2ncccc2NCCO)CC1. The molecule has 6 nitrogen and oxygen atoms in total. The van der Waals surface area contributed by atoms with Crippen LogP contribution in [0.25, 0.3) is 0 Å². The molecule has 0 aliphatic carbocycles. The zero-order valence-electron chi connectivity index (χ0n) is 10.7. The van der Waals surface area contributed by atoms with Gasteiger partial charge in [-0.3, -0.25) is 4.98 Å². The van der Waals surface area contributed by atoms with Gasteiger partial charge in [0, 0.05) is 31.7 Å². The lowest BCUT2D eigenvalue weighted by molar-refractivity contribution is 0.132. The van der Waals surface area contributed by atoms with Gasteiger partial charge in [-0.1, -0.05) is 0 Å². The van der Waals surface area contributed by atoms with E-state index in [0.717, 1.165) is 24.2 Å². The molecule has 19 heavy (non-hydrogen) atoms. The molecular weight excluding hydrogens is 246 g/mol. The van der Waals surface area contributed by atoms with Gasteiger partial charge in [0.25, 0.3) is 0 Å². The van der Waals surface area contributed by atoms with Crippen LogP contribution in [0.4, 0.5) is 10.5 Å². The smallest absolute Gasteiger partial charge is 0.407 e. The Morgan fingerprint density at radius 2 is 2.21 bits per heavy atom. The van der Waals surface area contributed by atoms with Gasteiger partial charge in [0.2, 0.25) is 0 Å². The van der Waals surface area contributed by atoms with Crippen LogP contribution in [0.5, 0.6) is 0 Å². The number of aliphatic hydroxyl groups is 1. The summed E-state index contributed by atoms with van der Waals surface area (Å²) in [6, 6.07) is 3.80. The number of anilines is 1. The van der Waals surface area contributed by atoms with Crippen LogP contribution in [-0.4, -0.2) is 52.4 Å². The zero-order chi connectivity index (χ0) is 13.7. The van der Waals surface area contributed by atoms with Gasteiger partial charge in [-0.25, -0.2) is 4.79 Å². The molecule has 0 aromatic carbocycles. The summed E-state index contributed by atoms with van der Waals surface area (Å²) in [4.78, 5) is 16.7. The molecule has 2 rings (SSSR count). The summed E-state index contributed by atoms with van der Waals surface area (Å²) in [5, 5.41) is 21.0. The van der Waals surface area contributed by atoms with Crippen molar-refractivity contribution in [2.45, 2.75) is 18.8 Å². The highest BCUT2D eigenvalue weighted by molar-refractivity contribution is 5.65. The van der Waals surface area contributed by atoms with Gasteiger partial charge in [-0.05, 0) is 25.0 Å². The maximum atomic E-state index is 10.9. The van der Waals surface area contributed by atoms with Gasteiger partial charge in [0.15, 0.2) is 0 Å². The van der Waals surface area contributed by atoms with E-state index >= 15 is 0 Å². The van der Waals surface area contributed by atoms with Crippen LogP contribution in [0, 0.1) is 0 Å². The van der Waals surface area contributed by atoms with E-state index in [1.165, 1.54) is 4.90 Å². The average molecular weight is 265 g/mol. The predicted molar refractivity (Wildman–Crippen MR) is 71.4 cm³/mol. The second-order valence-corrected chi connectivity index (χ2v) is 4.63. The van der Waals surface area contributed by atoms with E-state index in [9.17, 15) is 4.79 Å². The Morgan fingerprint density at radius 1 is 1.47 bits per heavy atom. The molecule has 2 heterocycles. The van der Waals surface area contributed by atoms with E-state index in [-0.39, 0.29) is 12.5 Å². The van der Waals surface area contributed by atoms with Crippen LogP contribution >= 0.6 is 0 Å². The molecule has 1 aromatic heterocycles. The lowest BCUT2D eigenvalue weighted by Crippen LogP contribution is -2.37. The second-order valence-electron chi connectivity index (χ2n) is 4.63. The van der Waals surface area contributed by atoms with E-state index in [1.54, 1.807) is 6.20 Å². The normalized spacial score (nSPS) is 16.4. The number of aliphatic hydroxyl groups excluding tert-OH is 1. The number of hydrogen-bond acceptors (Lipinski definition) is 4. The van der Waals surface area contributed by atoms with Crippen molar-refractivity contribution in [1.82, 2.24) is 9.88 Å². The van der Waals surface area contributed by atoms with Gasteiger partial charge in [0.1, 0.15) is 0 Å². The first kappa shape index (κ1) is 13.6. The van der Waals surface area contributed by atoms with Crippen molar-refractivity contribution >= 4 is 11.8 Å². The number of carboxylic acid groups (broad SMARTS) is 1. The Morgan fingerprint density at radius 3 is 2.84 bits per heavy atom. The lowest BCUT2D eigenvalue weighted by Gasteiger charge is -2.30. The second kappa shape index (κ2) is 6.38. The van der Waals surface area contributed by atoms with Crippen LogP contribution in [0.3, 0.4) is 0 Å². The summed E-state index contributed by atoms with van der Waals surface area (Å²) >= 11 is 0. The minimum absolute atomic E-state index is 0.0752. The first-order valence-electron chi connectivity index (χ1n) is 6.50. The average Bonchev–Trinajstić information content (AvgIpc) is 2.45. The molecule has 1 aliphatic rings. The highest BCUT2D eigenvalue weighted by atomic mass is 16.4. The molecule has 1 saturated heterocycles. The fourth-order valence-electron chi connectivity index (χ4n) is 2.43. The first-order chi connectivity index (χ1) is 9.22. The van der Waals surface area contributed by atoms with Crippen LogP contribution in [0.15, 0.2) is 18.3 Å². The van der Waals surface area contributed by atoms with Crippen molar-refractivity contribution in [2.75, 3.05) is 31.6 Å². The van der Waals surface area contributed by atoms with E-state index < -0.39 is 6.09 Å². The number of nitrogens with one attached hydrogen (secondary N) is 1. The Labute approximate surface area is 112 Å². The third-order valence-corrected chi connectivity index (χ3v) is 3.42. The summed E-state index contributed by atoms with van der Waals surface area (Å²) in [6.07, 6.45) is 2.48. The molecular formula is C13H19N3O3. The number of amides is 1. The fourth-order valence-corrected chi connectivity index (χ4v) is 2.43. The summed E-state index contributed by atoms with van der Waals surface area (Å²) in [5.74, 6) is 0.276. The summed E-state index contributed by atoms with van der Waals surface area (Å²) < 4.78 is 0. The Balaban J connectivity index is 2.04. The van der Waals surface area contributed by atoms with E-state index in [0.29, 0.717) is 19.6 Å². The molecule has 0 radical (unpaired) electrons. The van der Waals surface area contributed by atoms with Gasteiger partial charge in [-0.15, -0.1) is 0 Å². The molecule has 1 aromatic rings. The molecule has 6 heteroatoms. The van der Waals surface area contributed by atoms with Crippen molar-refractivity contribution < 1.29 is 15.0 Å². The Bertz CT molecular complexity index is 431. The topological polar surface area (TPSA) is 85.7 Å². The zero-order valence-corrected chi connectivity index (χ0v) is 10.7. The van der Waals surface area contributed by atoms with Crippen LogP contribution in [-0.2, 0) is 0 Å². The minimum Gasteiger partial charge on any atom is -0.465 e. The minimum atomic E-state index is -0.849. The molecule has 1 aliphatic heterocycles. The molecule has 1 fully saturated rings. The number of pyridine rings is 1. The molecule has 0 saturated carbocycles. The molecule has 0 unspecified atom stereocenters. The number of carbonyl (C=O) groups is 1.